The van der Waals surface area contributed by atoms with Crippen molar-refractivity contribution < 1.29 is 18.7 Å². The molecule has 0 bridgehead atoms. The molecule has 0 aliphatic carbocycles. The van der Waals surface area contributed by atoms with Gasteiger partial charge in [-0.25, -0.2) is 8.78 Å². The molecule has 0 unspecified atom stereocenters. The number of phenols is 1. The third-order valence-electron chi connectivity index (χ3n) is 1.79. The lowest BCUT2D eigenvalue weighted by Crippen LogP contribution is -2.12. The SMILES string of the molecule is NCCC(=O)c1c(F)cc(O)c(Cl)c1F. The molecular weight excluding hydrogens is 228 g/mol. The van der Waals surface area contributed by atoms with Crippen LogP contribution in [0.4, 0.5) is 8.78 Å². The van der Waals surface area contributed by atoms with Crippen LogP contribution in [0.15, 0.2) is 6.07 Å². The van der Waals surface area contributed by atoms with Gasteiger partial charge >= 0.3 is 0 Å². The zero-order valence-electron chi connectivity index (χ0n) is 7.56. The van der Waals surface area contributed by atoms with Crippen molar-refractivity contribution in [1.29, 1.82) is 0 Å². The van der Waals surface area contributed by atoms with Gasteiger partial charge in [0.2, 0.25) is 0 Å². The van der Waals surface area contributed by atoms with Crippen molar-refractivity contribution in [3.05, 3.63) is 28.3 Å². The van der Waals surface area contributed by atoms with Gasteiger partial charge in [0.15, 0.2) is 11.6 Å². The summed E-state index contributed by atoms with van der Waals surface area (Å²) in [6.07, 6.45) is -0.186. The molecule has 6 heteroatoms. The lowest BCUT2D eigenvalue weighted by molar-refractivity contribution is 0.0977. The number of carbonyl (C=O) groups excluding carboxylic acids is 1. The molecule has 3 N–H and O–H groups in total. The van der Waals surface area contributed by atoms with Crippen molar-refractivity contribution in [3.8, 4) is 5.75 Å². The van der Waals surface area contributed by atoms with Gasteiger partial charge in [0.05, 0.1) is 5.56 Å². The maximum absolute atomic E-state index is 13.3. The predicted molar refractivity (Wildman–Crippen MR) is 51.0 cm³/mol. The molecule has 0 radical (unpaired) electrons. The fraction of sp³-hybridized carbons (Fsp3) is 0.222. The fourth-order valence-electron chi connectivity index (χ4n) is 1.09. The molecule has 0 amide bonds. The quantitative estimate of drug-likeness (QED) is 0.621. The Balaban J connectivity index is 3.29. The van der Waals surface area contributed by atoms with Crippen molar-refractivity contribution in [3.63, 3.8) is 0 Å². The first kappa shape index (κ1) is 11.9. The number of hydrogen-bond acceptors (Lipinski definition) is 3. The highest BCUT2D eigenvalue weighted by molar-refractivity contribution is 6.32. The zero-order chi connectivity index (χ0) is 11.6. The average molecular weight is 236 g/mol. The van der Waals surface area contributed by atoms with Crippen molar-refractivity contribution in [2.75, 3.05) is 6.54 Å². The lowest BCUT2D eigenvalue weighted by atomic mass is 10.1. The Labute approximate surface area is 89.5 Å². The van der Waals surface area contributed by atoms with E-state index in [0.717, 1.165) is 0 Å². The molecule has 0 aliphatic rings. The maximum Gasteiger partial charge on any atom is 0.170 e. The fourth-order valence-corrected chi connectivity index (χ4v) is 1.24. The minimum absolute atomic E-state index is 0.0176. The molecule has 0 saturated carbocycles. The Morgan fingerprint density at radius 2 is 2.13 bits per heavy atom. The molecule has 0 fully saturated rings. The first-order valence-electron chi connectivity index (χ1n) is 4.08. The Morgan fingerprint density at radius 3 is 2.67 bits per heavy atom. The number of ketones is 1. The molecule has 0 aliphatic heterocycles. The molecule has 3 nitrogen and oxygen atoms in total. The summed E-state index contributed by atoms with van der Waals surface area (Å²) in [5.74, 6) is -3.93. The van der Waals surface area contributed by atoms with Crippen molar-refractivity contribution in [2.45, 2.75) is 6.42 Å². The number of halogens is 3. The third kappa shape index (κ3) is 2.24. The van der Waals surface area contributed by atoms with E-state index in [1.54, 1.807) is 0 Å². The molecule has 82 valence electrons. The maximum atomic E-state index is 13.3. The van der Waals surface area contributed by atoms with Crippen LogP contribution in [0, 0.1) is 11.6 Å². The molecule has 1 aromatic carbocycles. The largest absolute Gasteiger partial charge is 0.506 e. The van der Waals surface area contributed by atoms with E-state index in [-0.39, 0.29) is 13.0 Å². The Hall–Kier alpha value is -1.20. The van der Waals surface area contributed by atoms with Gasteiger partial charge in [-0.3, -0.25) is 4.79 Å². The lowest BCUT2D eigenvalue weighted by Gasteiger charge is -2.06. The number of Topliss-reactive ketones (excluding diaryl/α,β-unsaturated/α-hetero) is 1. The second-order valence-corrected chi connectivity index (χ2v) is 3.22. The van der Waals surface area contributed by atoms with E-state index in [0.29, 0.717) is 6.07 Å². The summed E-state index contributed by atoms with van der Waals surface area (Å²) in [7, 11) is 0. The summed E-state index contributed by atoms with van der Waals surface area (Å²) in [5, 5.41) is 8.30. The molecule has 0 saturated heterocycles. The molecule has 0 spiro atoms. The number of aromatic hydroxyl groups is 1. The van der Waals surface area contributed by atoms with E-state index in [2.05, 4.69) is 0 Å². The van der Waals surface area contributed by atoms with Gasteiger partial charge in [-0.1, -0.05) is 11.6 Å². The Kier molecular flexibility index (Phi) is 3.60. The van der Waals surface area contributed by atoms with Crippen LogP contribution in [0.5, 0.6) is 5.75 Å². The zero-order valence-corrected chi connectivity index (χ0v) is 8.31. The Bertz CT molecular complexity index is 410. The molecule has 15 heavy (non-hydrogen) atoms. The highest BCUT2D eigenvalue weighted by Crippen LogP contribution is 2.30. The number of carbonyl (C=O) groups is 1. The van der Waals surface area contributed by atoms with Crippen LogP contribution in [0.25, 0.3) is 0 Å². The van der Waals surface area contributed by atoms with E-state index in [1.807, 2.05) is 0 Å². The smallest absolute Gasteiger partial charge is 0.170 e. The van der Waals surface area contributed by atoms with E-state index >= 15 is 0 Å². The molecule has 0 atom stereocenters. The minimum Gasteiger partial charge on any atom is -0.506 e. The second kappa shape index (κ2) is 4.55. The third-order valence-corrected chi connectivity index (χ3v) is 2.15. The van der Waals surface area contributed by atoms with E-state index in [4.69, 9.17) is 22.4 Å². The number of phenolic OH excluding ortho intramolecular Hbond substituents is 1. The highest BCUT2D eigenvalue weighted by atomic mass is 35.5. The number of nitrogens with two attached hydrogens (primary N) is 1. The molecule has 0 aromatic heterocycles. The summed E-state index contributed by atoms with van der Waals surface area (Å²) in [4.78, 5) is 11.2. The Morgan fingerprint density at radius 1 is 1.53 bits per heavy atom. The topological polar surface area (TPSA) is 63.3 Å². The van der Waals surface area contributed by atoms with Gasteiger partial charge in [-0.05, 0) is 6.54 Å². The number of hydrogen-bond donors (Lipinski definition) is 2. The second-order valence-electron chi connectivity index (χ2n) is 2.84. The highest BCUT2D eigenvalue weighted by Gasteiger charge is 2.21. The van der Waals surface area contributed by atoms with Crippen LogP contribution in [0.3, 0.4) is 0 Å². The summed E-state index contributed by atoms with van der Waals surface area (Å²) < 4.78 is 26.4. The van der Waals surface area contributed by atoms with Gasteiger partial charge in [0, 0.05) is 12.5 Å². The van der Waals surface area contributed by atoms with E-state index in [9.17, 15) is 13.6 Å². The average Bonchev–Trinajstić information content (AvgIpc) is 2.15. The van der Waals surface area contributed by atoms with Gasteiger partial charge in [-0.2, -0.15) is 0 Å². The molecule has 1 rings (SSSR count). The predicted octanol–water partition coefficient (Wildman–Crippen LogP) is 1.86. The molecule has 0 heterocycles. The van der Waals surface area contributed by atoms with Crippen molar-refractivity contribution in [1.82, 2.24) is 0 Å². The number of rotatable bonds is 3. The molecular formula is C9H8ClF2NO2. The van der Waals surface area contributed by atoms with Gasteiger partial charge in [-0.15, -0.1) is 0 Å². The summed E-state index contributed by atoms with van der Waals surface area (Å²) in [6, 6.07) is 0.592. The minimum atomic E-state index is -1.26. The van der Waals surface area contributed by atoms with Crippen LogP contribution in [0.1, 0.15) is 16.8 Å². The van der Waals surface area contributed by atoms with Gasteiger partial charge in [0.1, 0.15) is 16.6 Å². The van der Waals surface area contributed by atoms with E-state index in [1.165, 1.54) is 0 Å². The standard InChI is InChI=1S/C9H8ClF2NO2/c10-8-6(15)3-4(11)7(9(8)12)5(14)1-2-13/h3,15H,1-2,13H2. The van der Waals surface area contributed by atoms with Crippen molar-refractivity contribution in [2.24, 2.45) is 5.73 Å². The summed E-state index contributed by atoms with van der Waals surface area (Å²) in [6.45, 7) is -0.0176. The summed E-state index contributed by atoms with van der Waals surface area (Å²) in [5.41, 5.74) is 4.33. The van der Waals surface area contributed by atoms with Crippen LogP contribution < -0.4 is 5.73 Å². The molecule has 1 aromatic rings. The normalized spacial score (nSPS) is 10.4. The first-order chi connectivity index (χ1) is 6.99. The van der Waals surface area contributed by atoms with E-state index < -0.39 is 33.8 Å². The monoisotopic (exact) mass is 235 g/mol. The van der Waals surface area contributed by atoms with Crippen molar-refractivity contribution >= 4 is 17.4 Å². The van der Waals surface area contributed by atoms with Crippen LogP contribution >= 0.6 is 11.6 Å². The van der Waals surface area contributed by atoms with Crippen LogP contribution in [0.2, 0.25) is 5.02 Å². The number of benzene rings is 1. The van der Waals surface area contributed by atoms with Gasteiger partial charge < -0.3 is 10.8 Å². The van der Waals surface area contributed by atoms with Crippen LogP contribution in [-0.2, 0) is 0 Å². The first-order valence-corrected chi connectivity index (χ1v) is 4.46. The summed E-state index contributed by atoms with van der Waals surface area (Å²) >= 11 is 5.32. The van der Waals surface area contributed by atoms with Crippen LogP contribution in [-0.4, -0.2) is 17.4 Å². The van der Waals surface area contributed by atoms with Gasteiger partial charge in [0.25, 0.3) is 0 Å².